The predicted molar refractivity (Wildman–Crippen MR) is 105 cm³/mol. The molecule has 0 aromatic heterocycles. The zero-order chi connectivity index (χ0) is 17.9. The Balaban J connectivity index is 1.59. The smallest absolute Gasteiger partial charge is 0.220 e. The minimum Gasteiger partial charge on any atom is -0.356 e. The molecule has 0 aliphatic rings. The van der Waals surface area contributed by atoms with E-state index < -0.39 is 11.1 Å². The normalized spacial score (nSPS) is 12.2. The van der Waals surface area contributed by atoms with Crippen LogP contribution in [0.25, 0.3) is 6.08 Å². The van der Waals surface area contributed by atoms with Gasteiger partial charge in [0.1, 0.15) is 0 Å². The van der Waals surface area contributed by atoms with Crippen LogP contribution in [0.1, 0.15) is 17.5 Å². The first-order valence-electron chi connectivity index (χ1n) is 7.95. The number of rotatable bonds is 9. The predicted octanol–water partition coefficient (Wildman–Crippen LogP) is 3.72. The molecule has 0 spiro atoms. The molecule has 1 atom stereocenters. The van der Waals surface area contributed by atoms with E-state index in [0.29, 0.717) is 24.3 Å². The van der Waals surface area contributed by atoms with E-state index in [1.54, 1.807) is 36.0 Å². The van der Waals surface area contributed by atoms with E-state index in [0.717, 1.165) is 16.9 Å². The van der Waals surface area contributed by atoms with Gasteiger partial charge in [-0.05, 0) is 41.2 Å². The molecule has 0 saturated heterocycles. The summed E-state index contributed by atoms with van der Waals surface area (Å²) in [5.41, 5.74) is 2.17. The number of benzene rings is 2. The van der Waals surface area contributed by atoms with Crippen molar-refractivity contribution >= 4 is 34.8 Å². The Morgan fingerprint density at radius 2 is 1.84 bits per heavy atom. The molecule has 2 rings (SSSR count). The molecule has 0 aliphatic carbocycles. The van der Waals surface area contributed by atoms with Gasteiger partial charge in [-0.1, -0.05) is 42.5 Å². The molecule has 0 heterocycles. The fourth-order valence-electron chi connectivity index (χ4n) is 2.12. The summed E-state index contributed by atoms with van der Waals surface area (Å²) in [4.78, 5) is 12.2. The zero-order valence-corrected chi connectivity index (χ0v) is 15.4. The van der Waals surface area contributed by atoms with Gasteiger partial charge in [-0.2, -0.15) is 0 Å². The van der Waals surface area contributed by atoms with Crippen molar-refractivity contribution in [3.05, 3.63) is 71.1 Å². The Kier molecular flexibility index (Phi) is 8.45. The molecule has 0 fully saturated rings. The zero-order valence-electron chi connectivity index (χ0n) is 13.8. The second-order valence-electron chi connectivity index (χ2n) is 5.33. The van der Waals surface area contributed by atoms with Gasteiger partial charge in [-0.25, -0.2) is 4.21 Å². The highest BCUT2D eigenvalue weighted by Crippen LogP contribution is 2.10. The third kappa shape index (κ3) is 7.69. The van der Waals surface area contributed by atoms with Gasteiger partial charge >= 0.3 is 0 Å². The van der Waals surface area contributed by atoms with E-state index in [1.165, 1.54) is 0 Å². The van der Waals surface area contributed by atoms with Crippen LogP contribution in [0.4, 0.5) is 0 Å². The molecular formula is C19H21NO3S2. The summed E-state index contributed by atoms with van der Waals surface area (Å²) >= 11 is -0.329. The van der Waals surface area contributed by atoms with Gasteiger partial charge in [0.2, 0.25) is 5.91 Å². The SMILES string of the molecule is O=C(CCS/C=C\c1ccccc1)NCCc1ccc(S(=O)O)cc1. The van der Waals surface area contributed by atoms with E-state index in [9.17, 15) is 9.00 Å². The highest BCUT2D eigenvalue weighted by atomic mass is 32.2. The van der Waals surface area contributed by atoms with Crippen molar-refractivity contribution in [1.29, 1.82) is 0 Å². The van der Waals surface area contributed by atoms with Gasteiger partial charge in [0.15, 0.2) is 11.1 Å². The second-order valence-corrected chi connectivity index (χ2v) is 7.31. The van der Waals surface area contributed by atoms with Crippen LogP contribution < -0.4 is 5.32 Å². The maximum atomic E-state index is 11.8. The largest absolute Gasteiger partial charge is 0.356 e. The van der Waals surface area contributed by atoms with Crippen molar-refractivity contribution in [1.82, 2.24) is 5.32 Å². The molecule has 4 nitrogen and oxygen atoms in total. The minimum absolute atomic E-state index is 0.0358. The lowest BCUT2D eigenvalue weighted by Crippen LogP contribution is -2.25. The summed E-state index contributed by atoms with van der Waals surface area (Å²) in [5.74, 6) is 0.778. The number of thioether (sulfide) groups is 1. The monoisotopic (exact) mass is 375 g/mol. The Hall–Kier alpha value is -1.89. The van der Waals surface area contributed by atoms with E-state index in [2.05, 4.69) is 5.32 Å². The van der Waals surface area contributed by atoms with Gasteiger partial charge < -0.3 is 9.87 Å². The molecule has 1 unspecified atom stereocenters. The highest BCUT2D eigenvalue weighted by molar-refractivity contribution is 8.02. The number of amides is 1. The van der Waals surface area contributed by atoms with Crippen LogP contribution in [0.3, 0.4) is 0 Å². The van der Waals surface area contributed by atoms with Crippen LogP contribution in [0.5, 0.6) is 0 Å². The topological polar surface area (TPSA) is 66.4 Å². The maximum absolute atomic E-state index is 11.8. The minimum atomic E-state index is -1.95. The number of nitrogens with one attached hydrogen (secondary N) is 1. The molecule has 132 valence electrons. The van der Waals surface area contributed by atoms with Crippen molar-refractivity contribution in [2.75, 3.05) is 12.3 Å². The van der Waals surface area contributed by atoms with Crippen LogP contribution in [-0.4, -0.2) is 27.0 Å². The van der Waals surface area contributed by atoms with E-state index in [-0.39, 0.29) is 5.91 Å². The highest BCUT2D eigenvalue weighted by Gasteiger charge is 2.02. The first kappa shape index (κ1) is 19.4. The lowest BCUT2D eigenvalue weighted by Gasteiger charge is -2.05. The standard InChI is InChI=1S/C19H21NO3S2/c21-19(12-15-24-14-11-16-4-2-1-3-5-16)20-13-10-17-6-8-18(9-7-17)25(22)23/h1-9,11,14H,10,12-13,15H2,(H,20,21)(H,22,23)/b14-11-. The maximum Gasteiger partial charge on any atom is 0.220 e. The van der Waals surface area contributed by atoms with Gasteiger partial charge in [-0.3, -0.25) is 4.79 Å². The summed E-state index contributed by atoms with van der Waals surface area (Å²) in [5, 5.41) is 4.90. The van der Waals surface area contributed by atoms with Crippen molar-refractivity contribution < 1.29 is 13.6 Å². The van der Waals surface area contributed by atoms with E-state index in [1.807, 2.05) is 41.8 Å². The van der Waals surface area contributed by atoms with Gasteiger partial charge in [0.05, 0.1) is 4.90 Å². The average Bonchev–Trinajstić information content (AvgIpc) is 2.63. The van der Waals surface area contributed by atoms with Gasteiger partial charge in [-0.15, -0.1) is 11.8 Å². The Morgan fingerprint density at radius 1 is 1.12 bits per heavy atom. The van der Waals surface area contributed by atoms with Gasteiger partial charge in [0.25, 0.3) is 0 Å². The number of hydrogen-bond acceptors (Lipinski definition) is 3. The molecule has 0 saturated carbocycles. The van der Waals surface area contributed by atoms with Crippen molar-refractivity contribution in [3.63, 3.8) is 0 Å². The van der Waals surface area contributed by atoms with E-state index >= 15 is 0 Å². The molecule has 0 aliphatic heterocycles. The fraction of sp³-hybridized carbons (Fsp3) is 0.211. The Morgan fingerprint density at radius 3 is 2.52 bits per heavy atom. The van der Waals surface area contributed by atoms with Crippen molar-refractivity contribution in [2.24, 2.45) is 0 Å². The van der Waals surface area contributed by atoms with Crippen LogP contribution in [-0.2, 0) is 22.3 Å². The van der Waals surface area contributed by atoms with Gasteiger partial charge in [0, 0.05) is 18.7 Å². The Labute approximate surface area is 155 Å². The third-order valence-corrected chi connectivity index (χ3v) is 4.91. The van der Waals surface area contributed by atoms with Crippen LogP contribution in [0.2, 0.25) is 0 Å². The third-order valence-electron chi connectivity index (χ3n) is 3.46. The average molecular weight is 376 g/mol. The Bertz CT molecular complexity index is 715. The van der Waals surface area contributed by atoms with Crippen LogP contribution >= 0.6 is 11.8 Å². The molecule has 2 N–H and O–H groups in total. The first-order valence-corrected chi connectivity index (χ1v) is 10.1. The number of hydrogen-bond donors (Lipinski definition) is 2. The summed E-state index contributed by atoms with van der Waals surface area (Å²) < 4.78 is 19.8. The summed E-state index contributed by atoms with van der Waals surface area (Å²) in [6, 6.07) is 16.9. The molecule has 25 heavy (non-hydrogen) atoms. The summed E-state index contributed by atoms with van der Waals surface area (Å²) in [6.07, 6.45) is 3.21. The van der Waals surface area contributed by atoms with Crippen LogP contribution in [0.15, 0.2) is 64.9 Å². The first-order chi connectivity index (χ1) is 12.1. The van der Waals surface area contributed by atoms with Crippen molar-refractivity contribution in [3.8, 4) is 0 Å². The van der Waals surface area contributed by atoms with E-state index in [4.69, 9.17) is 4.55 Å². The summed E-state index contributed by atoms with van der Waals surface area (Å²) in [6.45, 7) is 0.560. The molecule has 0 bridgehead atoms. The summed E-state index contributed by atoms with van der Waals surface area (Å²) in [7, 11) is 0. The quantitative estimate of drug-likeness (QED) is 0.518. The number of carbonyl (C=O) groups excluding carboxylic acids is 1. The molecule has 1 amide bonds. The lowest BCUT2D eigenvalue weighted by atomic mass is 10.1. The lowest BCUT2D eigenvalue weighted by molar-refractivity contribution is -0.120. The molecule has 2 aromatic rings. The molecule has 6 heteroatoms. The molecular weight excluding hydrogens is 354 g/mol. The van der Waals surface area contributed by atoms with Crippen molar-refractivity contribution in [2.45, 2.75) is 17.7 Å². The van der Waals surface area contributed by atoms with Crippen LogP contribution in [0, 0.1) is 0 Å². The second kappa shape index (κ2) is 10.9. The molecule has 2 aromatic carbocycles. The fourth-order valence-corrected chi connectivity index (χ4v) is 3.18. The molecule has 0 radical (unpaired) electrons. The number of carbonyl (C=O) groups is 1.